The van der Waals surface area contributed by atoms with E-state index in [1.165, 1.54) is 17.0 Å². The quantitative estimate of drug-likeness (QED) is 0.182. The molecule has 0 aromatic heterocycles. The lowest BCUT2D eigenvalue weighted by molar-refractivity contribution is -0.0115. The van der Waals surface area contributed by atoms with Crippen LogP contribution < -0.4 is 14.8 Å². The van der Waals surface area contributed by atoms with Crippen LogP contribution >= 0.6 is 0 Å². The molecule has 278 valence electrons. The molecule has 1 aliphatic heterocycles. The first-order chi connectivity index (χ1) is 24.9. The Balaban J connectivity index is 1.40. The van der Waals surface area contributed by atoms with Crippen LogP contribution in [0.2, 0.25) is 0 Å². The summed E-state index contributed by atoms with van der Waals surface area (Å²) in [5, 5.41) is 15.2. The molecular weight excluding hydrogens is 688 g/mol. The summed E-state index contributed by atoms with van der Waals surface area (Å²) >= 11 is 0. The van der Waals surface area contributed by atoms with Crippen molar-refractivity contribution < 1.29 is 37.0 Å². The highest BCUT2D eigenvalue weighted by molar-refractivity contribution is 7.92. The van der Waals surface area contributed by atoms with Crippen molar-refractivity contribution in [3.8, 4) is 5.75 Å². The summed E-state index contributed by atoms with van der Waals surface area (Å²) in [4.78, 5) is 30.8. The van der Waals surface area contributed by atoms with E-state index in [2.05, 4.69) is 10.0 Å². The first-order valence-electron chi connectivity index (χ1n) is 17.5. The standard InChI is InChI=1S/C39H47FN4O7S/c1-26-23-44(27(2)25-45)38(46)34-22-31(42-52(48,49)32-18-15-30(40)16-19-32)17-20-36(34)51-28(3)10-7-8-21-50-37(26)24-43(4)39(47)41-35-14-9-12-29-11-5-6-13-33(29)35/h5-6,9,11-20,22,26-28,37,42,45H,7-8,10,21,23-25H2,1-4H3,(H,41,47)/t26-,27+,28-,37+/m1/s1. The fourth-order valence-electron chi connectivity index (χ4n) is 6.17. The molecule has 0 saturated heterocycles. The largest absolute Gasteiger partial charge is 0.490 e. The van der Waals surface area contributed by atoms with Gasteiger partial charge in [0, 0.05) is 43.7 Å². The number of urea groups is 1. The lowest BCUT2D eigenvalue weighted by atomic mass is 10.0. The van der Waals surface area contributed by atoms with Gasteiger partial charge >= 0.3 is 6.03 Å². The number of rotatable bonds is 8. The van der Waals surface area contributed by atoms with Crippen LogP contribution in [0.25, 0.3) is 10.8 Å². The van der Waals surface area contributed by atoms with Crippen LogP contribution in [0.3, 0.4) is 0 Å². The van der Waals surface area contributed by atoms with Gasteiger partial charge in [-0.15, -0.1) is 0 Å². The molecule has 0 radical (unpaired) electrons. The van der Waals surface area contributed by atoms with E-state index >= 15 is 0 Å². The molecule has 3 amide bonds. The third kappa shape index (κ3) is 9.58. The highest BCUT2D eigenvalue weighted by atomic mass is 32.2. The molecule has 4 atom stereocenters. The average molecular weight is 735 g/mol. The minimum Gasteiger partial charge on any atom is -0.490 e. The highest BCUT2D eigenvalue weighted by Gasteiger charge is 2.31. The average Bonchev–Trinajstić information content (AvgIpc) is 3.12. The van der Waals surface area contributed by atoms with E-state index in [4.69, 9.17) is 9.47 Å². The second-order valence-electron chi connectivity index (χ2n) is 13.4. The van der Waals surface area contributed by atoms with E-state index < -0.39 is 33.9 Å². The smallest absolute Gasteiger partial charge is 0.321 e. The molecule has 11 nitrogen and oxygen atoms in total. The molecule has 1 heterocycles. The van der Waals surface area contributed by atoms with Gasteiger partial charge < -0.3 is 29.7 Å². The maximum Gasteiger partial charge on any atom is 0.321 e. The number of aliphatic hydroxyl groups is 1. The van der Waals surface area contributed by atoms with E-state index in [1.807, 2.05) is 56.3 Å². The molecule has 1 aliphatic rings. The Labute approximate surface area is 304 Å². The third-order valence-electron chi connectivity index (χ3n) is 9.26. The molecule has 0 fully saturated rings. The molecule has 4 aromatic carbocycles. The number of carbonyl (C=O) groups excluding carboxylic acids is 2. The molecule has 0 bridgehead atoms. The summed E-state index contributed by atoms with van der Waals surface area (Å²) in [5.41, 5.74) is 0.913. The van der Waals surface area contributed by atoms with E-state index in [1.54, 1.807) is 24.9 Å². The van der Waals surface area contributed by atoms with E-state index in [0.717, 1.165) is 47.9 Å². The lowest BCUT2D eigenvalue weighted by Gasteiger charge is -2.35. The number of hydrogen-bond donors (Lipinski definition) is 3. The van der Waals surface area contributed by atoms with E-state index in [-0.39, 0.29) is 59.6 Å². The summed E-state index contributed by atoms with van der Waals surface area (Å²) in [7, 11) is -2.41. The molecule has 0 unspecified atom stereocenters. The van der Waals surface area contributed by atoms with Crippen LogP contribution in [0.5, 0.6) is 5.75 Å². The number of benzene rings is 4. The predicted octanol–water partition coefficient (Wildman–Crippen LogP) is 6.74. The van der Waals surface area contributed by atoms with Gasteiger partial charge in [0.05, 0.1) is 41.0 Å². The maximum atomic E-state index is 14.4. The number of hydrogen-bond acceptors (Lipinski definition) is 7. The van der Waals surface area contributed by atoms with Crippen LogP contribution in [0, 0.1) is 11.7 Å². The van der Waals surface area contributed by atoms with Crippen molar-refractivity contribution in [1.29, 1.82) is 0 Å². The minimum atomic E-state index is -4.11. The first-order valence-corrected chi connectivity index (χ1v) is 19.0. The Hall–Kier alpha value is -4.72. The normalized spacial score (nSPS) is 19.5. The summed E-state index contributed by atoms with van der Waals surface area (Å²) in [6, 6.07) is 21.5. The van der Waals surface area contributed by atoms with Gasteiger partial charge in [0.25, 0.3) is 15.9 Å². The summed E-state index contributed by atoms with van der Waals surface area (Å²) in [5.74, 6) is -1.06. The zero-order valence-electron chi connectivity index (χ0n) is 29.9. The van der Waals surface area contributed by atoms with Crippen LogP contribution in [-0.4, -0.2) is 86.9 Å². The predicted molar refractivity (Wildman–Crippen MR) is 200 cm³/mol. The van der Waals surface area contributed by atoms with Gasteiger partial charge in [0.1, 0.15) is 11.6 Å². The molecule has 0 spiro atoms. The summed E-state index contributed by atoms with van der Waals surface area (Å²) in [6.45, 7) is 6.05. The number of anilines is 2. The zero-order chi connectivity index (χ0) is 37.4. The van der Waals surface area contributed by atoms with Crippen molar-refractivity contribution in [2.45, 2.75) is 63.2 Å². The fraction of sp³-hybridized carbons (Fsp3) is 0.385. The second kappa shape index (κ2) is 17.2. The Morgan fingerprint density at radius 2 is 1.77 bits per heavy atom. The van der Waals surface area contributed by atoms with Gasteiger partial charge in [-0.1, -0.05) is 43.3 Å². The van der Waals surface area contributed by atoms with Crippen LogP contribution in [0.15, 0.2) is 89.8 Å². The van der Waals surface area contributed by atoms with E-state index in [9.17, 15) is 27.5 Å². The molecule has 13 heteroatoms. The van der Waals surface area contributed by atoms with Crippen molar-refractivity contribution in [2.24, 2.45) is 5.92 Å². The monoisotopic (exact) mass is 734 g/mol. The van der Waals surface area contributed by atoms with Gasteiger partial charge in [0.15, 0.2) is 0 Å². The van der Waals surface area contributed by atoms with Crippen LogP contribution in [-0.2, 0) is 14.8 Å². The Bertz CT molecular complexity index is 1950. The first kappa shape index (κ1) is 38.5. The molecule has 4 aromatic rings. The number of aliphatic hydroxyl groups excluding tert-OH is 1. The number of ether oxygens (including phenoxy) is 2. The lowest BCUT2D eigenvalue weighted by Crippen LogP contribution is -2.48. The second-order valence-corrected chi connectivity index (χ2v) is 15.1. The molecule has 0 saturated carbocycles. The number of carbonyl (C=O) groups is 2. The molecule has 3 N–H and O–H groups in total. The Morgan fingerprint density at radius 1 is 1.04 bits per heavy atom. The number of amides is 3. The SMILES string of the molecule is C[C@@H]1CCCCO[C@@H](CN(C)C(=O)Nc2cccc3ccccc23)[C@H](C)CN([C@@H](C)CO)C(=O)c2cc(NS(=O)(=O)c3ccc(F)cc3)ccc2O1. The van der Waals surface area contributed by atoms with Crippen molar-refractivity contribution in [3.05, 3.63) is 96.3 Å². The van der Waals surface area contributed by atoms with Gasteiger partial charge in [-0.3, -0.25) is 9.52 Å². The molecule has 52 heavy (non-hydrogen) atoms. The minimum absolute atomic E-state index is 0.110. The number of likely N-dealkylation sites (N-methyl/N-ethyl adjacent to an activating group) is 1. The summed E-state index contributed by atoms with van der Waals surface area (Å²) < 4.78 is 54.9. The van der Waals surface area contributed by atoms with Gasteiger partial charge in [-0.25, -0.2) is 17.6 Å². The van der Waals surface area contributed by atoms with Crippen molar-refractivity contribution in [2.75, 3.05) is 43.4 Å². The van der Waals surface area contributed by atoms with Crippen LogP contribution in [0.1, 0.15) is 50.4 Å². The van der Waals surface area contributed by atoms with Crippen LogP contribution in [0.4, 0.5) is 20.6 Å². The van der Waals surface area contributed by atoms with Crippen molar-refractivity contribution in [1.82, 2.24) is 9.80 Å². The summed E-state index contributed by atoms with van der Waals surface area (Å²) in [6.07, 6.45) is 1.45. The number of nitrogens with one attached hydrogen (secondary N) is 2. The van der Waals surface area contributed by atoms with Gasteiger partial charge in [0.2, 0.25) is 0 Å². The van der Waals surface area contributed by atoms with E-state index in [0.29, 0.717) is 18.7 Å². The van der Waals surface area contributed by atoms with Crippen molar-refractivity contribution in [3.63, 3.8) is 0 Å². The topological polar surface area (TPSA) is 138 Å². The third-order valence-corrected chi connectivity index (χ3v) is 10.7. The molecular formula is C39H47FN4O7S. The molecule has 5 rings (SSSR count). The Morgan fingerprint density at radius 3 is 2.52 bits per heavy atom. The Kier molecular flexibility index (Phi) is 12.7. The van der Waals surface area contributed by atoms with Gasteiger partial charge in [-0.2, -0.15) is 0 Å². The zero-order valence-corrected chi connectivity index (χ0v) is 30.7. The number of fused-ring (bicyclic) bond motifs is 2. The maximum absolute atomic E-state index is 14.4. The van der Waals surface area contributed by atoms with Crippen molar-refractivity contribution >= 4 is 44.1 Å². The molecule has 0 aliphatic carbocycles. The number of nitrogens with zero attached hydrogens (tertiary/aromatic N) is 2. The number of halogens is 1. The highest BCUT2D eigenvalue weighted by Crippen LogP contribution is 2.30. The fourth-order valence-corrected chi connectivity index (χ4v) is 7.22. The number of sulfonamides is 1. The van der Waals surface area contributed by atoms with Gasteiger partial charge in [-0.05, 0) is 87.0 Å².